The van der Waals surface area contributed by atoms with Gasteiger partial charge in [0, 0.05) is 56.2 Å². The number of aromatic nitrogens is 1. The third-order valence-electron chi connectivity index (χ3n) is 4.22. The van der Waals surface area contributed by atoms with Gasteiger partial charge >= 0.3 is 0 Å². The van der Waals surface area contributed by atoms with Gasteiger partial charge in [0.2, 0.25) is 0 Å². The van der Waals surface area contributed by atoms with Crippen LogP contribution in [0.25, 0.3) is 0 Å². The number of benzene rings is 1. The lowest BCUT2D eigenvalue weighted by atomic mass is 10.1. The van der Waals surface area contributed by atoms with Crippen LogP contribution in [0.3, 0.4) is 0 Å². The van der Waals surface area contributed by atoms with E-state index in [2.05, 4.69) is 47.1 Å². The van der Waals surface area contributed by atoms with Gasteiger partial charge in [0.25, 0.3) is 5.91 Å². The summed E-state index contributed by atoms with van der Waals surface area (Å²) in [6.45, 7) is 4.06. The molecule has 1 aromatic carbocycles. The lowest BCUT2D eigenvalue weighted by Gasteiger charge is -2.22. The van der Waals surface area contributed by atoms with Crippen molar-refractivity contribution in [3.8, 4) is 0 Å². The van der Waals surface area contributed by atoms with E-state index in [1.807, 2.05) is 51.5 Å². The van der Waals surface area contributed by atoms with Crippen molar-refractivity contribution in [2.75, 3.05) is 20.6 Å². The molecule has 8 heteroatoms. The number of halogens is 2. The molecule has 0 saturated carbocycles. The molecule has 2 aromatic rings. The molecule has 28 heavy (non-hydrogen) atoms. The molecule has 0 aliphatic carbocycles. The summed E-state index contributed by atoms with van der Waals surface area (Å²) in [4.78, 5) is 18.6. The van der Waals surface area contributed by atoms with Gasteiger partial charge in [0.15, 0.2) is 5.96 Å². The number of amides is 1. The molecule has 0 aliphatic rings. The van der Waals surface area contributed by atoms with E-state index in [4.69, 9.17) is 0 Å². The van der Waals surface area contributed by atoms with Crippen LogP contribution in [0.4, 0.5) is 0 Å². The molecule has 1 amide bonds. The fraction of sp³-hybridized carbons (Fsp3) is 0.400. The van der Waals surface area contributed by atoms with E-state index in [-0.39, 0.29) is 29.9 Å². The maximum absolute atomic E-state index is 12.1. The zero-order valence-electron chi connectivity index (χ0n) is 16.8. The van der Waals surface area contributed by atoms with Gasteiger partial charge in [-0.05, 0) is 46.1 Å². The molecule has 0 aliphatic heterocycles. The Hall–Kier alpha value is -1.55. The lowest BCUT2D eigenvalue weighted by molar-refractivity contribution is 0.0953. The Kier molecular flexibility index (Phi) is 10.6. The second-order valence-electron chi connectivity index (χ2n) is 6.47. The normalized spacial score (nSPS) is 11.0. The number of nitrogens with one attached hydrogen (secondary N) is 2. The highest BCUT2D eigenvalue weighted by molar-refractivity contribution is 14.0. The second-order valence-corrected chi connectivity index (χ2v) is 7.39. The number of guanidine groups is 1. The first-order valence-corrected chi connectivity index (χ1v) is 9.83. The Morgan fingerprint density at radius 2 is 2.04 bits per heavy atom. The van der Waals surface area contributed by atoms with Gasteiger partial charge in [-0.3, -0.25) is 9.79 Å². The number of hydrogen-bond acceptors (Lipinski definition) is 2. The van der Waals surface area contributed by atoms with Crippen LogP contribution in [0, 0.1) is 0 Å². The molecule has 6 nitrogen and oxygen atoms in total. The maximum Gasteiger partial charge on any atom is 0.251 e. The summed E-state index contributed by atoms with van der Waals surface area (Å²) in [6, 6.07) is 9.77. The van der Waals surface area contributed by atoms with Gasteiger partial charge in [0.1, 0.15) is 0 Å². The van der Waals surface area contributed by atoms with Gasteiger partial charge in [0.05, 0.1) is 6.54 Å². The summed E-state index contributed by atoms with van der Waals surface area (Å²) in [5, 5.41) is 6.27. The van der Waals surface area contributed by atoms with Crippen LogP contribution in [-0.4, -0.2) is 42.0 Å². The van der Waals surface area contributed by atoms with E-state index in [0.29, 0.717) is 18.7 Å². The quantitative estimate of drug-likeness (QED) is 0.307. The van der Waals surface area contributed by atoms with Crippen LogP contribution < -0.4 is 10.6 Å². The highest BCUT2D eigenvalue weighted by Gasteiger charge is 2.10. The number of carbonyl (C=O) groups excluding carboxylic acids is 1. The van der Waals surface area contributed by atoms with Gasteiger partial charge in [-0.25, -0.2) is 0 Å². The van der Waals surface area contributed by atoms with Crippen molar-refractivity contribution < 1.29 is 4.79 Å². The minimum atomic E-state index is -0.0329. The molecule has 0 saturated heterocycles. The standard InChI is InChI=1S/C20H28BrN5O.HI/c1-5-9-23-19(27)16-8-6-7-15(10-16)12-24-20(22-2)26(4)14-18-11-17(21)13-25(18)3;/h6-8,10-11,13H,5,9,12,14H2,1-4H3,(H,22,24)(H,23,27);1H. The van der Waals surface area contributed by atoms with E-state index >= 15 is 0 Å². The summed E-state index contributed by atoms with van der Waals surface area (Å²) in [6.07, 6.45) is 2.96. The van der Waals surface area contributed by atoms with Crippen LogP contribution in [0.15, 0.2) is 46.0 Å². The van der Waals surface area contributed by atoms with Crippen molar-refractivity contribution in [2.24, 2.45) is 12.0 Å². The number of hydrogen-bond donors (Lipinski definition) is 2. The van der Waals surface area contributed by atoms with Gasteiger partial charge < -0.3 is 20.1 Å². The Morgan fingerprint density at radius 1 is 1.29 bits per heavy atom. The SMILES string of the molecule is CCCNC(=O)c1cccc(CNC(=NC)N(C)Cc2cc(Br)cn2C)c1.I. The second kappa shape index (κ2) is 12.1. The molecule has 0 fully saturated rings. The van der Waals surface area contributed by atoms with Crippen molar-refractivity contribution >= 4 is 51.8 Å². The van der Waals surface area contributed by atoms with E-state index in [0.717, 1.165) is 29.0 Å². The van der Waals surface area contributed by atoms with Crippen molar-refractivity contribution in [3.05, 3.63) is 57.8 Å². The molecule has 154 valence electrons. The number of rotatable bonds is 7. The molecule has 2 N–H and O–H groups in total. The van der Waals surface area contributed by atoms with Crippen LogP contribution in [0.2, 0.25) is 0 Å². The predicted octanol–water partition coefficient (Wildman–Crippen LogP) is 3.75. The Bertz CT molecular complexity index is 806. The zero-order chi connectivity index (χ0) is 19.8. The number of aliphatic imine (C=N–C) groups is 1. The first-order chi connectivity index (χ1) is 12.9. The molecule has 0 unspecified atom stereocenters. The van der Waals surface area contributed by atoms with Crippen LogP contribution in [0.5, 0.6) is 0 Å². The minimum absolute atomic E-state index is 0. The summed E-state index contributed by atoms with van der Waals surface area (Å²) in [7, 11) is 5.80. The molecule has 1 heterocycles. The average molecular weight is 562 g/mol. The van der Waals surface area contributed by atoms with Crippen LogP contribution >= 0.6 is 39.9 Å². The predicted molar refractivity (Wildman–Crippen MR) is 129 cm³/mol. The van der Waals surface area contributed by atoms with Gasteiger partial charge in [-0.1, -0.05) is 19.1 Å². The Balaban J connectivity index is 0.00000392. The fourth-order valence-electron chi connectivity index (χ4n) is 2.77. The molecule has 0 bridgehead atoms. The van der Waals surface area contributed by atoms with Crippen molar-refractivity contribution in [2.45, 2.75) is 26.4 Å². The summed E-state index contributed by atoms with van der Waals surface area (Å²) in [5.41, 5.74) is 2.90. The van der Waals surface area contributed by atoms with Crippen molar-refractivity contribution in [1.82, 2.24) is 20.1 Å². The Morgan fingerprint density at radius 3 is 2.64 bits per heavy atom. The van der Waals surface area contributed by atoms with Crippen LogP contribution in [0.1, 0.15) is 35.0 Å². The number of aryl methyl sites for hydroxylation is 1. The van der Waals surface area contributed by atoms with E-state index < -0.39 is 0 Å². The topological polar surface area (TPSA) is 61.7 Å². The first kappa shape index (κ1) is 24.5. The van der Waals surface area contributed by atoms with Gasteiger partial charge in [-0.15, -0.1) is 24.0 Å². The molecule has 0 atom stereocenters. The minimum Gasteiger partial charge on any atom is -0.352 e. The largest absolute Gasteiger partial charge is 0.352 e. The first-order valence-electron chi connectivity index (χ1n) is 9.04. The third-order valence-corrected chi connectivity index (χ3v) is 4.66. The maximum atomic E-state index is 12.1. The average Bonchev–Trinajstić information content (AvgIpc) is 2.97. The molecular formula is C20H29BrIN5O. The highest BCUT2D eigenvalue weighted by Crippen LogP contribution is 2.15. The summed E-state index contributed by atoms with van der Waals surface area (Å²) >= 11 is 3.50. The lowest BCUT2D eigenvalue weighted by Crippen LogP contribution is -2.38. The summed E-state index contributed by atoms with van der Waals surface area (Å²) < 4.78 is 3.15. The molecule has 0 radical (unpaired) electrons. The fourth-order valence-corrected chi connectivity index (χ4v) is 3.34. The smallest absolute Gasteiger partial charge is 0.251 e. The van der Waals surface area contributed by atoms with E-state index in [1.165, 1.54) is 5.69 Å². The van der Waals surface area contributed by atoms with Crippen molar-refractivity contribution in [3.63, 3.8) is 0 Å². The van der Waals surface area contributed by atoms with E-state index in [1.54, 1.807) is 7.05 Å². The monoisotopic (exact) mass is 561 g/mol. The summed E-state index contributed by atoms with van der Waals surface area (Å²) in [5.74, 6) is 0.766. The van der Waals surface area contributed by atoms with Gasteiger partial charge in [-0.2, -0.15) is 0 Å². The van der Waals surface area contributed by atoms with Crippen LogP contribution in [-0.2, 0) is 20.1 Å². The molecule has 2 rings (SSSR count). The third kappa shape index (κ3) is 7.12. The molecule has 1 aromatic heterocycles. The number of carbonyl (C=O) groups is 1. The van der Waals surface area contributed by atoms with E-state index in [9.17, 15) is 4.79 Å². The number of nitrogens with zero attached hydrogens (tertiary/aromatic N) is 3. The molecule has 0 spiro atoms. The highest BCUT2D eigenvalue weighted by atomic mass is 127. The Labute approximate surface area is 192 Å². The zero-order valence-corrected chi connectivity index (χ0v) is 20.7. The molecular weight excluding hydrogens is 533 g/mol. The van der Waals surface area contributed by atoms with Crippen molar-refractivity contribution in [1.29, 1.82) is 0 Å².